The number of carbonyl (C=O) groups excluding carboxylic acids is 1. The molecular weight excluding hydrogens is 574 g/mol. The van der Waals surface area contributed by atoms with Gasteiger partial charge in [0.15, 0.2) is 23.2 Å². The summed E-state index contributed by atoms with van der Waals surface area (Å²) in [5.74, 6) is -7.25. The number of hydrogen-bond donors (Lipinski definition) is 1. The third kappa shape index (κ3) is 6.58. The van der Waals surface area contributed by atoms with Gasteiger partial charge < -0.3 is 14.8 Å². The van der Waals surface area contributed by atoms with Gasteiger partial charge in [-0.05, 0) is 72.4 Å². The molecule has 4 rings (SSSR count). The monoisotopic (exact) mass is 597 g/mol. The average Bonchev–Trinajstić information content (AvgIpc) is 2.94. The molecule has 42 heavy (non-hydrogen) atoms. The first-order chi connectivity index (χ1) is 19.8. The molecule has 0 aliphatic heterocycles. The number of benzene rings is 3. The average molecular weight is 598 g/mol. The van der Waals surface area contributed by atoms with Crippen LogP contribution in [-0.2, 0) is 5.54 Å². The summed E-state index contributed by atoms with van der Waals surface area (Å²) in [6.45, 7) is 0. The van der Waals surface area contributed by atoms with E-state index in [4.69, 9.17) is 4.74 Å². The zero-order valence-corrected chi connectivity index (χ0v) is 21.8. The van der Waals surface area contributed by atoms with Crippen molar-refractivity contribution in [1.82, 2.24) is 5.32 Å². The molecule has 3 aromatic carbocycles. The largest absolute Gasteiger partial charge is 0.494 e. The Labute approximate surface area is 235 Å². The van der Waals surface area contributed by atoms with E-state index in [1.165, 1.54) is 19.2 Å². The molecule has 222 valence electrons. The summed E-state index contributed by atoms with van der Waals surface area (Å²) in [6, 6.07) is 7.86. The molecular formula is C30H23F8NO3. The second-order valence-electron chi connectivity index (χ2n) is 9.49. The number of hydrogen-bond acceptors (Lipinski definition) is 3. The Balaban J connectivity index is 1.96. The van der Waals surface area contributed by atoms with Gasteiger partial charge in [-0.3, -0.25) is 4.79 Å². The Bertz CT molecular complexity index is 1520. The molecule has 2 atom stereocenters. The molecule has 12 heteroatoms. The maximum Gasteiger partial charge on any atom is 0.461 e. The summed E-state index contributed by atoms with van der Waals surface area (Å²) >= 11 is 0. The van der Waals surface area contributed by atoms with Gasteiger partial charge in [-0.1, -0.05) is 30.4 Å². The van der Waals surface area contributed by atoms with E-state index in [1.807, 2.05) is 0 Å². The number of alkyl halides is 4. The van der Waals surface area contributed by atoms with E-state index < -0.39 is 58.9 Å². The minimum atomic E-state index is -4.99. The van der Waals surface area contributed by atoms with Crippen molar-refractivity contribution in [3.05, 3.63) is 119 Å². The Morgan fingerprint density at radius 1 is 0.929 bits per heavy atom. The minimum Gasteiger partial charge on any atom is -0.494 e. The molecule has 0 saturated carbocycles. The topological polar surface area (TPSA) is 47.6 Å². The lowest BCUT2D eigenvalue weighted by molar-refractivity contribution is -0.253. The van der Waals surface area contributed by atoms with Crippen molar-refractivity contribution in [1.29, 1.82) is 0 Å². The van der Waals surface area contributed by atoms with Crippen LogP contribution in [0.3, 0.4) is 0 Å². The van der Waals surface area contributed by atoms with Crippen molar-refractivity contribution in [2.24, 2.45) is 5.92 Å². The first kappa shape index (κ1) is 30.6. The number of amides is 1. The van der Waals surface area contributed by atoms with Gasteiger partial charge in [0.25, 0.3) is 5.91 Å². The van der Waals surface area contributed by atoms with Gasteiger partial charge in [0.2, 0.25) is 0 Å². The maximum absolute atomic E-state index is 15.0. The Morgan fingerprint density at radius 2 is 1.67 bits per heavy atom. The molecule has 1 N–H and O–H groups in total. The van der Waals surface area contributed by atoms with Crippen LogP contribution in [0.2, 0.25) is 0 Å². The van der Waals surface area contributed by atoms with Crippen LogP contribution < -0.4 is 14.8 Å². The molecule has 1 unspecified atom stereocenters. The van der Waals surface area contributed by atoms with Gasteiger partial charge in [-0.25, -0.2) is 17.6 Å². The van der Waals surface area contributed by atoms with Crippen molar-refractivity contribution in [3.63, 3.8) is 0 Å². The predicted octanol–water partition coefficient (Wildman–Crippen LogP) is 7.68. The molecule has 0 heterocycles. The molecule has 4 nitrogen and oxygen atoms in total. The van der Waals surface area contributed by atoms with Crippen molar-refractivity contribution < 1.29 is 49.4 Å². The first-order valence-electron chi connectivity index (χ1n) is 12.5. The second-order valence-corrected chi connectivity index (χ2v) is 9.49. The number of nitrogens with one attached hydrogen (secondary N) is 1. The van der Waals surface area contributed by atoms with Gasteiger partial charge >= 0.3 is 12.5 Å². The molecule has 1 aliphatic rings. The van der Waals surface area contributed by atoms with Crippen LogP contribution in [0.1, 0.15) is 34.3 Å². The molecule has 1 aliphatic carbocycles. The zero-order valence-electron chi connectivity index (χ0n) is 21.8. The quantitative estimate of drug-likeness (QED) is 0.244. The molecule has 0 spiro atoms. The highest BCUT2D eigenvalue weighted by Gasteiger charge is 2.45. The van der Waals surface area contributed by atoms with Crippen molar-refractivity contribution in [3.8, 4) is 11.5 Å². The highest BCUT2D eigenvalue weighted by Crippen LogP contribution is 2.42. The van der Waals surface area contributed by atoms with E-state index in [9.17, 15) is 39.9 Å². The molecule has 0 aromatic heterocycles. The second kappa shape index (κ2) is 12.3. The van der Waals surface area contributed by atoms with Crippen LogP contribution >= 0.6 is 0 Å². The lowest BCUT2D eigenvalue weighted by Crippen LogP contribution is -2.48. The van der Waals surface area contributed by atoms with E-state index in [-0.39, 0.29) is 28.9 Å². The number of rotatable bonds is 10. The normalized spacial score (nSPS) is 16.3. The lowest BCUT2D eigenvalue weighted by Gasteiger charge is -2.39. The molecule has 0 fully saturated rings. The molecule has 0 bridgehead atoms. The van der Waals surface area contributed by atoms with Gasteiger partial charge in [-0.15, -0.1) is 0 Å². The van der Waals surface area contributed by atoms with Crippen LogP contribution in [0.4, 0.5) is 35.1 Å². The summed E-state index contributed by atoms with van der Waals surface area (Å²) in [7, 11) is 1.17. The van der Waals surface area contributed by atoms with E-state index in [2.05, 4.69) is 10.1 Å². The van der Waals surface area contributed by atoms with Gasteiger partial charge in [-0.2, -0.15) is 17.6 Å². The SMILES string of the molecule is COc1cc([C@@](CC2C=CC=CC2)(NC(=O)c2ccc(F)c(F)c2)c2cc(F)cc(OC(F)(F)C(F)F)c2)ccc1F. The number of ether oxygens (including phenoxy) is 2. The molecule has 3 aromatic rings. The number of allylic oxidation sites excluding steroid dienone is 4. The van der Waals surface area contributed by atoms with Crippen molar-refractivity contribution >= 4 is 5.91 Å². The number of carbonyl (C=O) groups is 1. The van der Waals surface area contributed by atoms with Crippen LogP contribution in [0.15, 0.2) is 78.9 Å². The first-order valence-corrected chi connectivity index (χ1v) is 12.5. The Morgan fingerprint density at radius 3 is 2.31 bits per heavy atom. The third-order valence-corrected chi connectivity index (χ3v) is 6.66. The van der Waals surface area contributed by atoms with E-state index in [1.54, 1.807) is 24.3 Å². The Hall–Kier alpha value is -4.35. The maximum atomic E-state index is 15.0. The molecule has 0 saturated heterocycles. The molecule has 0 radical (unpaired) electrons. The lowest BCUT2D eigenvalue weighted by atomic mass is 9.74. The zero-order chi connectivity index (χ0) is 30.7. The highest BCUT2D eigenvalue weighted by molar-refractivity contribution is 5.95. The van der Waals surface area contributed by atoms with Gasteiger partial charge in [0, 0.05) is 11.6 Å². The molecule has 1 amide bonds. The predicted molar refractivity (Wildman–Crippen MR) is 137 cm³/mol. The van der Waals surface area contributed by atoms with Gasteiger partial charge in [0.05, 0.1) is 12.6 Å². The van der Waals surface area contributed by atoms with Crippen LogP contribution in [0, 0.1) is 29.2 Å². The summed E-state index contributed by atoms with van der Waals surface area (Å²) in [5, 5.41) is 2.66. The number of methoxy groups -OCH3 is 1. The fourth-order valence-corrected chi connectivity index (χ4v) is 4.67. The Kier molecular flexibility index (Phi) is 8.93. The highest BCUT2D eigenvalue weighted by atomic mass is 19.3. The fourth-order valence-electron chi connectivity index (χ4n) is 4.67. The van der Waals surface area contributed by atoms with Crippen LogP contribution in [-0.4, -0.2) is 25.6 Å². The summed E-state index contributed by atoms with van der Waals surface area (Å²) in [4.78, 5) is 13.5. The van der Waals surface area contributed by atoms with Crippen LogP contribution in [0.5, 0.6) is 11.5 Å². The summed E-state index contributed by atoms with van der Waals surface area (Å²) in [5.41, 5.74) is -2.46. The van der Waals surface area contributed by atoms with E-state index >= 15 is 0 Å². The number of halogens is 8. The van der Waals surface area contributed by atoms with E-state index in [0.29, 0.717) is 24.6 Å². The fraction of sp³-hybridized carbons (Fsp3) is 0.233. The van der Waals surface area contributed by atoms with E-state index in [0.717, 1.165) is 24.3 Å². The van der Waals surface area contributed by atoms with Crippen molar-refractivity contribution in [2.75, 3.05) is 7.11 Å². The third-order valence-electron chi connectivity index (χ3n) is 6.66. The summed E-state index contributed by atoms with van der Waals surface area (Å²) < 4.78 is 120. The van der Waals surface area contributed by atoms with Crippen molar-refractivity contribution in [2.45, 2.75) is 30.9 Å². The van der Waals surface area contributed by atoms with Gasteiger partial charge in [0.1, 0.15) is 11.6 Å². The smallest absolute Gasteiger partial charge is 0.461 e. The standard InChI is InChI=1S/C30H23F8NO3/c1-41-26-14-19(8-10-24(26)33)29(16-17-5-3-2-4-6-17,39-27(40)18-7-9-23(32)25(34)11-18)20-12-21(31)15-22(13-20)42-30(37,38)28(35)36/h2-5,7-15,17,28H,6,16H2,1H3,(H,39,40)/t17?,29-/m1/s1. The minimum absolute atomic E-state index is 0.0665. The van der Waals surface area contributed by atoms with Crippen LogP contribution in [0.25, 0.3) is 0 Å². The summed E-state index contributed by atoms with van der Waals surface area (Å²) in [6.07, 6.45) is -1.96.